The number of benzene rings is 2. The quantitative estimate of drug-likeness (QED) is 0.754. The molecule has 1 unspecified atom stereocenters. The van der Waals surface area contributed by atoms with Gasteiger partial charge in [-0.15, -0.1) is 11.3 Å². The van der Waals surface area contributed by atoms with Crippen molar-refractivity contribution in [3.8, 4) is 6.07 Å². The predicted octanol–water partition coefficient (Wildman–Crippen LogP) is 3.06. The zero-order chi connectivity index (χ0) is 14.8. The molecule has 104 valence electrons. The summed E-state index contributed by atoms with van der Waals surface area (Å²) >= 11 is 1.38. The number of nitrogens with zero attached hydrogens (tertiary/aromatic N) is 2. The summed E-state index contributed by atoms with van der Waals surface area (Å²) < 4.78 is 13.9. The zero-order valence-electron chi connectivity index (χ0n) is 10.9. The van der Waals surface area contributed by atoms with Gasteiger partial charge in [-0.25, -0.2) is 4.98 Å². The Balaban J connectivity index is 1.92. The van der Waals surface area contributed by atoms with Crippen LogP contribution in [0.4, 0.5) is 5.69 Å². The van der Waals surface area contributed by atoms with E-state index in [0.717, 1.165) is 15.8 Å². The summed E-state index contributed by atoms with van der Waals surface area (Å²) in [6.45, 7) is 0. The molecule has 0 aliphatic rings. The standard InChI is InChI=1S/C15H11N3OS2/c16-8-10-3-1-2-4-11(10)9-21(19)15-18-13-6-5-12(17)7-14(13)20-15/h1-7H,9,17H2. The fourth-order valence-corrected chi connectivity index (χ4v) is 4.40. The van der Waals surface area contributed by atoms with Crippen molar-refractivity contribution in [2.75, 3.05) is 5.73 Å². The van der Waals surface area contributed by atoms with Crippen molar-refractivity contribution >= 4 is 38.0 Å². The van der Waals surface area contributed by atoms with Crippen LogP contribution in [0.3, 0.4) is 0 Å². The number of hydrogen-bond donors (Lipinski definition) is 1. The number of hydrogen-bond acceptors (Lipinski definition) is 5. The molecule has 1 aromatic heterocycles. The van der Waals surface area contributed by atoms with Gasteiger partial charge < -0.3 is 5.73 Å². The third kappa shape index (κ3) is 2.79. The number of thiazole rings is 1. The van der Waals surface area contributed by atoms with Crippen LogP contribution in [-0.4, -0.2) is 9.19 Å². The lowest BCUT2D eigenvalue weighted by molar-refractivity contribution is 0.682. The fraction of sp³-hybridized carbons (Fsp3) is 0.0667. The number of fused-ring (bicyclic) bond motifs is 1. The SMILES string of the molecule is N#Cc1ccccc1CS(=O)c1nc2ccc(N)cc2s1. The highest BCUT2D eigenvalue weighted by molar-refractivity contribution is 7.86. The van der Waals surface area contributed by atoms with Crippen LogP contribution < -0.4 is 5.73 Å². The average molecular weight is 313 g/mol. The van der Waals surface area contributed by atoms with Crippen LogP contribution in [0.15, 0.2) is 46.8 Å². The molecule has 1 heterocycles. The molecule has 0 saturated heterocycles. The number of nitriles is 1. The Morgan fingerprint density at radius 2 is 2.10 bits per heavy atom. The maximum atomic E-state index is 12.5. The lowest BCUT2D eigenvalue weighted by atomic mass is 10.1. The van der Waals surface area contributed by atoms with Gasteiger partial charge in [0.2, 0.25) is 0 Å². The summed E-state index contributed by atoms with van der Waals surface area (Å²) in [5.74, 6) is 0.291. The summed E-state index contributed by atoms with van der Waals surface area (Å²) in [6.07, 6.45) is 0. The van der Waals surface area contributed by atoms with E-state index < -0.39 is 10.8 Å². The highest BCUT2D eigenvalue weighted by Gasteiger charge is 2.13. The molecule has 0 saturated carbocycles. The van der Waals surface area contributed by atoms with E-state index in [4.69, 9.17) is 11.0 Å². The first-order valence-electron chi connectivity index (χ1n) is 6.20. The molecule has 4 nitrogen and oxygen atoms in total. The second-order valence-corrected chi connectivity index (χ2v) is 7.12. The molecule has 6 heteroatoms. The Morgan fingerprint density at radius 1 is 1.29 bits per heavy atom. The van der Waals surface area contributed by atoms with Crippen molar-refractivity contribution in [3.05, 3.63) is 53.6 Å². The van der Waals surface area contributed by atoms with Gasteiger partial charge in [-0.3, -0.25) is 4.21 Å². The molecule has 2 aromatic carbocycles. The van der Waals surface area contributed by atoms with Gasteiger partial charge in [-0.1, -0.05) is 18.2 Å². The van der Waals surface area contributed by atoms with Crippen LogP contribution in [0.5, 0.6) is 0 Å². The number of rotatable bonds is 3. The fourth-order valence-electron chi connectivity index (χ4n) is 1.98. The third-order valence-electron chi connectivity index (χ3n) is 3.01. The summed E-state index contributed by atoms with van der Waals surface area (Å²) in [5, 5.41) is 9.07. The van der Waals surface area contributed by atoms with Gasteiger partial charge >= 0.3 is 0 Å². The number of nitrogen functional groups attached to an aromatic ring is 1. The largest absolute Gasteiger partial charge is 0.399 e. The van der Waals surface area contributed by atoms with Crippen molar-refractivity contribution < 1.29 is 4.21 Å². The summed E-state index contributed by atoms with van der Waals surface area (Å²) in [6, 6.07) is 14.7. The number of anilines is 1. The Hall–Kier alpha value is -2.23. The van der Waals surface area contributed by atoms with E-state index in [1.54, 1.807) is 18.2 Å². The molecule has 0 amide bonds. The van der Waals surface area contributed by atoms with E-state index in [9.17, 15) is 4.21 Å². The van der Waals surface area contributed by atoms with E-state index in [2.05, 4.69) is 11.1 Å². The van der Waals surface area contributed by atoms with Gasteiger partial charge in [0, 0.05) is 5.69 Å². The van der Waals surface area contributed by atoms with E-state index in [1.807, 2.05) is 24.3 Å². The van der Waals surface area contributed by atoms with Gasteiger partial charge in [0.1, 0.15) is 0 Å². The monoisotopic (exact) mass is 313 g/mol. The Bertz CT molecular complexity index is 880. The molecule has 3 rings (SSSR count). The first kappa shape index (κ1) is 13.7. The van der Waals surface area contributed by atoms with E-state index in [0.29, 0.717) is 21.3 Å². The normalized spacial score (nSPS) is 12.1. The number of nitrogens with two attached hydrogens (primary N) is 1. The topological polar surface area (TPSA) is 79.8 Å². The Kier molecular flexibility index (Phi) is 3.69. The van der Waals surface area contributed by atoms with E-state index in [1.165, 1.54) is 11.3 Å². The maximum absolute atomic E-state index is 12.5. The molecule has 0 bridgehead atoms. The van der Waals surface area contributed by atoms with Crippen molar-refractivity contribution in [3.63, 3.8) is 0 Å². The van der Waals surface area contributed by atoms with Crippen LogP contribution in [0.1, 0.15) is 11.1 Å². The zero-order valence-corrected chi connectivity index (χ0v) is 12.6. The van der Waals surface area contributed by atoms with Crippen LogP contribution in [0.25, 0.3) is 10.2 Å². The molecule has 2 N–H and O–H groups in total. The van der Waals surface area contributed by atoms with E-state index >= 15 is 0 Å². The lowest BCUT2D eigenvalue weighted by Gasteiger charge is -2.01. The molecule has 0 aliphatic carbocycles. The molecular formula is C15H11N3OS2. The minimum atomic E-state index is -1.27. The molecule has 3 aromatic rings. The molecule has 0 fully saturated rings. The van der Waals surface area contributed by atoms with Crippen LogP contribution in [0.2, 0.25) is 0 Å². The second-order valence-electron chi connectivity index (χ2n) is 4.47. The molecule has 1 atom stereocenters. The Labute approximate surface area is 128 Å². The minimum Gasteiger partial charge on any atom is -0.399 e. The first-order valence-corrected chi connectivity index (χ1v) is 8.33. The van der Waals surface area contributed by atoms with Crippen molar-refractivity contribution in [2.24, 2.45) is 0 Å². The molecule has 0 aliphatic heterocycles. The average Bonchev–Trinajstić information content (AvgIpc) is 2.91. The molecule has 0 radical (unpaired) electrons. The smallest absolute Gasteiger partial charge is 0.182 e. The third-order valence-corrected chi connectivity index (χ3v) is 5.69. The Morgan fingerprint density at radius 3 is 2.90 bits per heavy atom. The van der Waals surface area contributed by atoms with Crippen LogP contribution in [0, 0.1) is 11.3 Å². The highest BCUT2D eigenvalue weighted by Crippen LogP contribution is 2.27. The van der Waals surface area contributed by atoms with Gasteiger partial charge in [-0.05, 0) is 29.8 Å². The maximum Gasteiger partial charge on any atom is 0.182 e. The minimum absolute atomic E-state index is 0.291. The summed E-state index contributed by atoms with van der Waals surface area (Å²) in [5.41, 5.74) is 8.53. The van der Waals surface area contributed by atoms with Crippen LogP contribution in [-0.2, 0) is 16.6 Å². The van der Waals surface area contributed by atoms with Gasteiger partial charge in [0.25, 0.3) is 0 Å². The van der Waals surface area contributed by atoms with Gasteiger partial charge in [0.05, 0.1) is 38.4 Å². The van der Waals surface area contributed by atoms with Crippen molar-refractivity contribution in [2.45, 2.75) is 10.1 Å². The highest BCUT2D eigenvalue weighted by atomic mass is 32.2. The molecule has 21 heavy (non-hydrogen) atoms. The second kappa shape index (κ2) is 5.64. The molecule has 0 spiro atoms. The summed E-state index contributed by atoms with van der Waals surface area (Å²) in [7, 11) is -1.27. The van der Waals surface area contributed by atoms with Crippen molar-refractivity contribution in [1.82, 2.24) is 4.98 Å². The lowest BCUT2D eigenvalue weighted by Crippen LogP contribution is -1.98. The predicted molar refractivity (Wildman–Crippen MR) is 85.3 cm³/mol. The van der Waals surface area contributed by atoms with Gasteiger partial charge in [0.15, 0.2) is 4.34 Å². The van der Waals surface area contributed by atoms with Crippen molar-refractivity contribution in [1.29, 1.82) is 5.26 Å². The van der Waals surface area contributed by atoms with E-state index in [-0.39, 0.29) is 0 Å². The van der Waals surface area contributed by atoms with Crippen LogP contribution >= 0.6 is 11.3 Å². The first-order chi connectivity index (χ1) is 10.2. The van der Waals surface area contributed by atoms with Gasteiger partial charge in [-0.2, -0.15) is 5.26 Å². The summed E-state index contributed by atoms with van der Waals surface area (Å²) in [4.78, 5) is 4.39. The molecular weight excluding hydrogens is 302 g/mol. The number of aromatic nitrogens is 1.